The van der Waals surface area contributed by atoms with E-state index in [1.165, 1.54) is 27.7 Å². The van der Waals surface area contributed by atoms with Gasteiger partial charge in [0, 0.05) is 16.1 Å². The molecular weight excluding hydrogens is 382 g/mol. The second kappa shape index (κ2) is 8.00. The van der Waals surface area contributed by atoms with Crippen LogP contribution in [-0.4, -0.2) is 39.0 Å². The zero-order valence-electron chi connectivity index (χ0n) is 14.8. The average molecular weight is 404 g/mol. The normalized spacial score (nSPS) is 15.0. The van der Waals surface area contributed by atoms with E-state index in [9.17, 15) is 14.7 Å². The van der Waals surface area contributed by atoms with Gasteiger partial charge >= 0.3 is 0 Å². The lowest BCUT2D eigenvalue weighted by molar-refractivity contribution is -0.119. The van der Waals surface area contributed by atoms with Crippen LogP contribution in [0.4, 0.5) is 0 Å². The van der Waals surface area contributed by atoms with E-state index in [2.05, 4.69) is 5.32 Å². The van der Waals surface area contributed by atoms with E-state index >= 15 is 0 Å². The van der Waals surface area contributed by atoms with Gasteiger partial charge in [-0.1, -0.05) is 42.8 Å². The Balaban J connectivity index is 1.65. The number of aliphatic hydroxyl groups excluding tert-OH is 1. The molecule has 2 aromatic heterocycles. The minimum absolute atomic E-state index is 0.0352. The fourth-order valence-corrected chi connectivity index (χ4v) is 5.45. The molecule has 0 radical (unpaired) electrons. The summed E-state index contributed by atoms with van der Waals surface area (Å²) in [6, 6.07) is 8.07. The Bertz CT molecular complexity index is 1040. The summed E-state index contributed by atoms with van der Waals surface area (Å²) in [6.45, 7) is 0.0163. The van der Waals surface area contributed by atoms with E-state index in [1.54, 1.807) is 0 Å². The van der Waals surface area contributed by atoms with Gasteiger partial charge in [-0.05, 0) is 18.9 Å². The van der Waals surface area contributed by atoms with Crippen LogP contribution in [0.3, 0.4) is 0 Å². The lowest BCUT2D eigenvalue weighted by Gasteiger charge is -2.13. The molecule has 0 atom stereocenters. The largest absolute Gasteiger partial charge is 0.395 e. The van der Waals surface area contributed by atoms with Crippen LogP contribution >= 0.6 is 23.1 Å². The zero-order chi connectivity index (χ0) is 18.8. The van der Waals surface area contributed by atoms with Gasteiger partial charge in [-0.3, -0.25) is 14.2 Å². The molecule has 1 aliphatic rings. The second-order valence-corrected chi connectivity index (χ2v) is 8.68. The van der Waals surface area contributed by atoms with Gasteiger partial charge in [-0.15, -0.1) is 11.3 Å². The molecule has 1 fully saturated rings. The highest BCUT2D eigenvalue weighted by Gasteiger charge is 2.19. The van der Waals surface area contributed by atoms with Crippen molar-refractivity contribution >= 4 is 49.3 Å². The number of aliphatic hydroxyl groups is 1. The molecule has 3 aromatic rings. The van der Waals surface area contributed by atoms with Gasteiger partial charge in [0.25, 0.3) is 5.56 Å². The van der Waals surface area contributed by atoms with Gasteiger partial charge in [-0.2, -0.15) is 0 Å². The molecule has 0 aliphatic heterocycles. The Morgan fingerprint density at radius 3 is 2.89 bits per heavy atom. The Morgan fingerprint density at radius 2 is 2.11 bits per heavy atom. The van der Waals surface area contributed by atoms with Gasteiger partial charge < -0.3 is 10.4 Å². The first-order chi connectivity index (χ1) is 13.2. The van der Waals surface area contributed by atoms with Gasteiger partial charge in [0.1, 0.15) is 4.70 Å². The number of amides is 1. The molecule has 8 heteroatoms. The van der Waals surface area contributed by atoms with E-state index in [-0.39, 0.29) is 36.4 Å². The highest BCUT2D eigenvalue weighted by atomic mass is 32.2. The molecule has 142 valence electrons. The fourth-order valence-electron chi connectivity index (χ4n) is 3.53. The van der Waals surface area contributed by atoms with Crippen molar-refractivity contribution in [3.8, 4) is 0 Å². The highest BCUT2D eigenvalue weighted by molar-refractivity contribution is 7.99. The van der Waals surface area contributed by atoms with Crippen LogP contribution in [0.15, 0.2) is 34.2 Å². The summed E-state index contributed by atoms with van der Waals surface area (Å²) >= 11 is 2.67. The summed E-state index contributed by atoms with van der Waals surface area (Å²) < 4.78 is 3.07. The van der Waals surface area contributed by atoms with Crippen LogP contribution in [0.5, 0.6) is 0 Å². The van der Waals surface area contributed by atoms with Gasteiger partial charge in [0.2, 0.25) is 5.91 Å². The summed E-state index contributed by atoms with van der Waals surface area (Å²) in [7, 11) is 0. The van der Waals surface area contributed by atoms with Crippen LogP contribution < -0.4 is 10.9 Å². The van der Waals surface area contributed by atoms with Crippen molar-refractivity contribution in [2.75, 3.05) is 12.4 Å². The number of benzene rings is 1. The first-order valence-corrected chi connectivity index (χ1v) is 10.9. The van der Waals surface area contributed by atoms with Crippen molar-refractivity contribution in [3.05, 3.63) is 34.6 Å². The van der Waals surface area contributed by atoms with Gasteiger partial charge in [-0.25, -0.2) is 4.98 Å². The number of nitrogens with one attached hydrogen (secondary N) is 1. The molecule has 0 saturated heterocycles. The van der Waals surface area contributed by atoms with Crippen molar-refractivity contribution < 1.29 is 9.90 Å². The number of hydrogen-bond acceptors (Lipinski definition) is 6. The van der Waals surface area contributed by atoms with E-state index in [1.807, 2.05) is 24.3 Å². The molecule has 2 heterocycles. The van der Waals surface area contributed by atoms with Crippen molar-refractivity contribution in [3.63, 3.8) is 0 Å². The first kappa shape index (κ1) is 18.5. The van der Waals surface area contributed by atoms with E-state index in [0.29, 0.717) is 15.4 Å². The Morgan fingerprint density at radius 1 is 1.33 bits per heavy atom. The summed E-state index contributed by atoms with van der Waals surface area (Å²) in [4.78, 5) is 29.9. The first-order valence-electron chi connectivity index (χ1n) is 9.12. The molecular formula is C19H21N3O3S2. The number of thiophene rings is 1. The Labute approximate surface area is 164 Å². The standard InChI is InChI=1S/C19H21N3O3S2/c23-10-9-22-18(25)17-16(13-7-3-4-8-14(13)27-17)21-19(22)26-11-15(24)20-12-5-1-2-6-12/h3-4,7-8,12,23H,1-2,5-6,9-11H2,(H,20,24). The number of carbonyl (C=O) groups excluding carboxylic acids is 1. The number of hydrogen-bond donors (Lipinski definition) is 2. The lowest BCUT2D eigenvalue weighted by atomic mass is 10.2. The minimum atomic E-state index is -0.158. The van der Waals surface area contributed by atoms with Crippen molar-refractivity contribution in [1.29, 1.82) is 0 Å². The molecule has 1 aliphatic carbocycles. The van der Waals surface area contributed by atoms with Crippen LogP contribution in [0, 0.1) is 0 Å². The summed E-state index contributed by atoms with van der Waals surface area (Å²) in [5.74, 6) is 0.175. The number of aromatic nitrogens is 2. The predicted octanol–water partition coefficient (Wildman–Crippen LogP) is 2.75. The number of rotatable bonds is 6. The Kier molecular flexibility index (Phi) is 5.47. The van der Waals surface area contributed by atoms with Crippen LogP contribution in [0.25, 0.3) is 20.3 Å². The van der Waals surface area contributed by atoms with Crippen molar-refractivity contribution in [2.24, 2.45) is 0 Å². The molecule has 4 rings (SSSR count). The van der Waals surface area contributed by atoms with Crippen molar-refractivity contribution in [1.82, 2.24) is 14.9 Å². The third-order valence-corrected chi connectivity index (χ3v) is 6.95. The minimum Gasteiger partial charge on any atom is -0.395 e. The fraction of sp³-hybridized carbons (Fsp3) is 0.421. The maximum Gasteiger partial charge on any atom is 0.272 e. The van der Waals surface area contributed by atoms with Crippen LogP contribution in [0.1, 0.15) is 25.7 Å². The zero-order valence-corrected chi connectivity index (χ0v) is 16.4. The Hall–Kier alpha value is -1.90. The quantitative estimate of drug-likeness (QED) is 0.488. The predicted molar refractivity (Wildman–Crippen MR) is 110 cm³/mol. The van der Waals surface area contributed by atoms with E-state index < -0.39 is 0 Å². The molecule has 1 amide bonds. The summed E-state index contributed by atoms with van der Waals surface area (Å²) in [5.41, 5.74) is 0.516. The maximum atomic E-state index is 12.9. The van der Waals surface area contributed by atoms with Crippen LogP contribution in [0.2, 0.25) is 0 Å². The highest BCUT2D eigenvalue weighted by Crippen LogP contribution is 2.31. The molecule has 6 nitrogen and oxygen atoms in total. The summed E-state index contributed by atoms with van der Waals surface area (Å²) in [6.07, 6.45) is 4.41. The van der Waals surface area contributed by atoms with Crippen LogP contribution in [-0.2, 0) is 11.3 Å². The lowest BCUT2D eigenvalue weighted by Crippen LogP contribution is -2.34. The average Bonchev–Trinajstić information content (AvgIpc) is 3.30. The number of fused-ring (bicyclic) bond motifs is 3. The van der Waals surface area contributed by atoms with Gasteiger partial charge in [0.15, 0.2) is 5.16 Å². The monoisotopic (exact) mass is 403 g/mol. The number of nitrogens with zero attached hydrogens (tertiary/aromatic N) is 2. The summed E-state index contributed by atoms with van der Waals surface area (Å²) in [5, 5.41) is 13.9. The van der Waals surface area contributed by atoms with E-state index in [4.69, 9.17) is 4.98 Å². The molecule has 0 unspecified atom stereocenters. The maximum absolute atomic E-state index is 12.9. The molecule has 2 N–H and O–H groups in total. The van der Waals surface area contributed by atoms with Crippen molar-refractivity contribution in [2.45, 2.75) is 43.4 Å². The molecule has 1 aromatic carbocycles. The van der Waals surface area contributed by atoms with E-state index in [0.717, 1.165) is 35.8 Å². The number of thioether (sulfide) groups is 1. The molecule has 27 heavy (non-hydrogen) atoms. The molecule has 0 spiro atoms. The smallest absolute Gasteiger partial charge is 0.272 e. The second-order valence-electron chi connectivity index (χ2n) is 6.69. The third-order valence-electron chi connectivity index (χ3n) is 4.82. The third kappa shape index (κ3) is 3.74. The molecule has 0 bridgehead atoms. The number of carbonyl (C=O) groups is 1. The molecule has 1 saturated carbocycles. The SMILES string of the molecule is O=C(CSc1nc2c(sc3ccccc32)c(=O)n1CCO)NC1CCCC1. The van der Waals surface area contributed by atoms with Gasteiger partial charge in [0.05, 0.1) is 24.4 Å². The topological polar surface area (TPSA) is 84.2 Å².